The quantitative estimate of drug-likeness (QED) is 0.572. The molecule has 0 unspecified atom stereocenters. The maximum Gasteiger partial charge on any atom is 0.229 e. The van der Waals surface area contributed by atoms with Gasteiger partial charge in [-0.1, -0.05) is 11.8 Å². The molecule has 0 bridgehead atoms. The van der Waals surface area contributed by atoms with E-state index in [1.54, 1.807) is 18.0 Å². The molecule has 0 atom stereocenters. The van der Waals surface area contributed by atoms with Gasteiger partial charge in [-0.2, -0.15) is 0 Å². The van der Waals surface area contributed by atoms with E-state index in [0.717, 1.165) is 5.16 Å². The molecule has 0 spiro atoms. The van der Waals surface area contributed by atoms with Crippen LogP contribution in [0.3, 0.4) is 0 Å². The van der Waals surface area contributed by atoms with Crippen LogP contribution in [0.1, 0.15) is 12.8 Å². The fourth-order valence-electron chi connectivity index (χ4n) is 1.59. The highest BCUT2D eigenvalue weighted by atomic mass is 32.2. The molecule has 1 aliphatic rings. The lowest BCUT2D eigenvalue weighted by molar-refractivity contribution is -0.137. The van der Waals surface area contributed by atoms with Crippen LogP contribution in [0.25, 0.3) is 0 Å². The minimum atomic E-state index is -0.0505. The number of rotatable bonds is 4. The van der Waals surface area contributed by atoms with E-state index in [1.165, 1.54) is 4.90 Å². The van der Waals surface area contributed by atoms with Gasteiger partial charge in [0.25, 0.3) is 0 Å². The van der Waals surface area contributed by atoms with Gasteiger partial charge in [-0.05, 0) is 0 Å². The van der Waals surface area contributed by atoms with Crippen LogP contribution in [0.2, 0.25) is 0 Å². The molecular weight excluding hydrogens is 226 g/mol. The van der Waals surface area contributed by atoms with E-state index in [4.69, 9.17) is 0 Å². The smallest absolute Gasteiger partial charge is 0.229 e. The van der Waals surface area contributed by atoms with Crippen molar-refractivity contribution in [2.45, 2.75) is 18.0 Å². The van der Waals surface area contributed by atoms with Crippen molar-refractivity contribution in [1.82, 2.24) is 14.5 Å². The Morgan fingerprint density at radius 3 is 2.62 bits per heavy atom. The lowest BCUT2D eigenvalue weighted by atomic mass is 10.4. The zero-order valence-electron chi connectivity index (χ0n) is 9.05. The summed E-state index contributed by atoms with van der Waals surface area (Å²) >= 11 is 1.55. The zero-order valence-corrected chi connectivity index (χ0v) is 9.87. The molecule has 1 fully saturated rings. The summed E-state index contributed by atoms with van der Waals surface area (Å²) in [7, 11) is 1.92. The average molecular weight is 239 g/mol. The first-order valence-corrected chi connectivity index (χ1v) is 6.10. The lowest BCUT2D eigenvalue weighted by Gasteiger charge is -2.12. The summed E-state index contributed by atoms with van der Waals surface area (Å²) in [6.45, 7) is 0.481. The van der Waals surface area contributed by atoms with Crippen molar-refractivity contribution in [2.24, 2.45) is 7.05 Å². The highest BCUT2D eigenvalue weighted by Gasteiger charge is 2.28. The van der Waals surface area contributed by atoms with E-state index >= 15 is 0 Å². The second kappa shape index (κ2) is 4.69. The first kappa shape index (κ1) is 11.2. The fourth-order valence-corrected chi connectivity index (χ4v) is 2.45. The topological polar surface area (TPSA) is 55.2 Å². The van der Waals surface area contributed by atoms with Crippen molar-refractivity contribution >= 4 is 23.6 Å². The van der Waals surface area contributed by atoms with E-state index in [9.17, 15) is 9.59 Å². The van der Waals surface area contributed by atoms with Crippen LogP contribution in [-0.4, -0.2) is 38.6 Å². The summed E-state index contributed by atoms with van der Waals surface area (Å²) in [5.41, 5.74) is 0. The average Bonchev–Trinajstić information content (AvgIpc) is 2.79. The number of aryl methyl sites for hydroxylation is 1. The molecule has 1 aromatic heterocycles. The number of thioether (sulfide) groups is 1. The molecule has 2 rings (SSSR count). The summed E-state index contributed by atoms with van der Waals surface area (Å²) in [4.78, 5) is 28.1. The molecule has 5 nitrogen and oxygen atoms in total. The number of carbonyl (C=O) groups is 2. The number of aromatic nitrogens is 2. The van der Waals surface area contributed by atoms with E-state index in [2.05, 4.69) is 4.98 Å². The first-order valence-electron chi connectivity index (χ1n) is 5.12. The second-order valence-electron chi connectivity index (χ2n) is 3.61. The summed E-state index contributed by atoms with van der Waals surface area (Å²) in [6, 6.07) is 0. The molecule has 1 aliphatic heterocycles. The molecule has 2 amide bonds. The van der Waals surface area contributed by atoms with Crippen LogP contribution in [0.5, 0.6) is 0 Å². The molecule has 0 aromatic carbocycles. The molecule has 0 aliphatic carbocycles. The minimum absolute atomic E-state index is 0.0505. The van der Waals surface area contributed by atoms with Crippen molar-refractivity contribution in [3.8, 4) is 0 Å². The Balaban J connectivity index is 1.82. The number of imide groups is 1. The van der Waals surface area contributed by atoms with Crippen LogP contribution in [-0.2, 0) is 16.6 Å². The number of amides is 2. The van der Waals surface area contributed by atoms with Gasteiger partial charge in [0.1, 0.15) is 0 Å². The van der Waals surface area contributed by atoms with Gasteiger partial charge >= 0.3 is 0 Å². The van der Waals surface area contributed by atoms with Gasteiger partial charge in [0.2, 0.25) is 11.8 Å². The number of nitrogens with zero attached hydrogens (tertiary/aromatic N) is 3. The van der Waals surface area contributed by atoms with Gasteiger partial charge in [0.05, 0.1) is 0 Å². The van der Waals surface area contributed by atoms with Crippen molar-refractivity contribution in [3.05, 3.63) is 12.4 Å². The molecule has 0 saturated carbocycles. The van der Waals surface area contributed by atoms with E-state index in [1.807, 2.05) is 17.8 Å². The number of carbonyl (C=O) groups excluding carboxylic acids is 2. The molecule has 0 N–H and O–H groups in total. The third kappa shape index (κ3) is 2.27. The largest absolute Gasteiger partial charge is 0.329 e. The van der Waals surface area contributed by atoms with Gasteiger partial charge in [0, 0.05) is 44.6 Å². The molecule has 1 saturated heterocycles. The van der Waals surface area contributed by atoms with Crippen LogP contribution in [0.15, 0.2) is 17.6 Å². The highest BCUT2D eigenvalue weighted by molar-refractivity contribution is 7.99. The summed E-state index contributed by atoms with van der Waals surface area (Å²) in [5, 5.41) is 0.902. The second-order valence-corrected chi connectivity index (χ2v) is 4.67. The molecule has 1 aromatic rings. The minimum Gasteiger partial charge on any atom is -0.329 e. The van der Waals surface area contributed by atoms with Gasteiger partial charge in [-0.25, -0.2) is 4.98 Å². The fraction of sp³-hybridized carbons (Fsp3) is 0.500. The zero-order chi connectivity index (χ0) is 11.5. The van der Waals surface area contributed by atoms with Crippen LogP contribution >= 0.6 is 11.8 Å². The predicted molar refractivity (Wildman–Crippen MR) is 59.9 cm³/mol. The Morgan fingerprint density at radius 2 is 2.06 bits per heavy atom. The Bertz CT molecular complexity index is 400. The maximum absolute atomic E-state index is 11.3. The maximum atomic E-state index is 11.3. The van der Waals surface area contributed by atoms with Crippen molar-refractivity contribution in [3.63, 3.8) is 0 Å². The van der Waals surface area contributed by atoms with Gasteiger partial charge in [-0.15, -0.1) is 0 Å². The molecular formula is C10H13N3O2S. The number of hydrogen-bond donors (Lipinski definition) is 0. The summed E-state index contributed by atoms with van der Waals surface area (Å²) in [6.07, 6.45) is 4.33. The first-order chi connectivity index (χ1) is 7.68. The number of likely N-dealkylation sites (tertiary alicyclic amines) is 1. The van der Waals surface area contributed by atoms with Crippen LogP contribution in [0.4, 0.5) is 0 Å². The third-order valence-corrected chi connectivity index (χ3v) is 3.52. The van der Waals surface area contributed by atoms with Crippen molar-refractivity contribution < 1.29 is 9.59 Å². The van der Waals surface area contributed by atoms with Gasteiger partial charge in [0.15, 0.2) is 5.16 Å². The standard InChI is InChI=1S/C10H13N3O2S/c1-12-5-4-11-10(12)16-7-6-13-8(14)2-3-9(13)15/h4-5H,2-3,6-7H2,1H3. The highest BCUT2D eigenvalue weighted by Crippen LogP contribution is 2.17. The monoisotopic (exact) mass is 239 g/mol. The predicted octanol–water partition coefficient (Wildman–Crippen LogP) is 0.661. The molecule has 0 radical (unpaired) electrons. The molecule has 2 heterocycles. The van der Waals surface area contributed by atoms with E-state index in [0.29, 0.717) is 25.1 Å². The Hall–Kier alpha value is -1.30. The van der Waals surface area contributed by atoms with E-state index < -0.39 is 0 Å². The van der Waals surface area contributed by atoms with E-state index in [-0.39, 0.29) is 11.8 Å². The van der Waals surface area contributed by atoms with Crippen LogP contribution < -0.4 is 0 Å². The van der Waals surface area contributed by atoms with Crippen molar-refractivity contribution in [2.75, 3.05) is 12.3 Å². The number of imidazole rings is 1. The lowest BCUT2D eigenvalue weighted by Crippen LogP contribution is -2.31. The van der Waals surface area contributed by atoms with Gasteiger partial charge in [-0.3, -0.25) is 14.5 Å². The summed E-state index contributed by atoms with van der Waals surface area (Å²) < 4.78 is 1.91. The van der Waals surface area contributed by atoms with Crippen LogP contribution in [0, 0.1) is 0 Å². The van der Waals surface area contributed by atoms with Gasteiger partial charge < -0.3 is 4.57 Å². The Labute approximate surface area is 97.8 Å². The normalized spacial score (nSPS) is 16.2. The molecule has 6 heteroatoms. The van der Waals surface area contributed by atoms with Crippen molar-refractivity contribution in [1.29, 1.82) is 0 Å². The SMILES string of the molecule is Cn1ccnc1SCCN1C(=O)CCC1=O. The third-order valence-electron chi connectivity index (χ3n) is 2.48. The Morgan fingerprint density at radius 1 is 1.38 bits per heavy atom. The number of hydrogen-bond acceptors (Lipinski definition) is 4. The Kier molecular flexibility index (Phi) is 3.28. The molecule has 86 valence electrons. The summed E-state index contributed by atoms with van der Waals surface area (Å²) in [5.74, 6) is 0.596. The molecule has 16 heavy (non-hydrogen) atoms.